The number of primary amides is 1. The SMILES string of the molecule is Cl.Cl.NC(=O)c1ccnc(Oc2ccc(C[C@@H](CO)NC[C@H](O)COc3cccc(Cl)c3)cc2)c1. The predicted octanol–water partition coefficient (Wildman–Crippen LogP) is 3.40. The van der Waals surface area contributed by atoms with Crippen molar-refractivity contribution in [3.63, 3.8) is 0 Å². The van der Waals surface area contributed by atoms with Gasteiger partial charge in [0.2, 0.25) is 11.8 Å². The topological polar surface area (TPSA) is 127 Å². The molecule has 190 valence electrons. The molecule has 0 aliphatic carbocycles. The van der Waals surface area contributed by atoms with Crippen molar-refractivity contribution in [1.29, 1.82) is 0 Å². The van der Waals surface area contributed by atoms with Gasteiger partial charge in [-0.1, -0.05) is 29.8 Å². The lowest BCUT2D eigenvalue weighted by atomic mass is 10.1. The van der Waals surface area contributed by atoms with Gasteiger partial charge in [0, 0.05) is 35.4 Å². The normalized spacial score (nSPS) is 12.0. The van der Waals surface area contributed by atoms with Gasteiger partial charge in [0.25, 0.3) is 0 Å². The van der Waals surface area contributed by atoms with Gasteiger partial charge in [-0.25, -0.2) is 4.98 Å². The maximum Gasteiger partial charge on any atom is 0.248 e. The van der Waals surface area contributed by atoms with Crippen LogP contribution in [-0.4, -0.2) is 53.0 Å². The van der Waals surface area contributed by atoms with Crippen molar-refractivity contribution in [2.45, 2.75) is 18.6 Å². The van der Waals surface area contributed by atoms with Crippen LogP contribution in [0.3, 0.4) is 0 Å². The van der Waals surface area contributed by atoms with Crippen molar-refractivity contribution in [3.8, 4) is 17.4 Å². The highest BCUT2D eigenvalue weighted by Gasteiger charge is 2.12. The second-order valence-electron chi connectivity index (χ2n) is 7.41. The van der Waals surface area contributed by atoms with Crippen LogP contribution >= 0.6 is 36.4 Å². The minimum atomic E-state index is -0.752. The molecule has 0 radical (unpaired) electrons. The van der Waals surface area contributed by atoms with Crippen molar-refractivity contribution in [1.82, 2.24) is 10.3 Å². The summed E-state index contributed by atoms with van der Waals surface area (Å²) in [5.74, 6) is 0.846. The number of hydrogen-bond donors (Lipinski definition) is 4. The Hall–Kier alpha value is -2.59. The molecule has 2 atom stereocenters. The third-order valence-electron chi connectivity index (χ3n) is 4.75. The Bertz CT molecular complexity index is 1060. The first-order valence-corrected chi connectivity index (χ1v) is 10.7. The summed E-state index contributed by atoms with van der Waals surface area (Å²) in [5.41, 5.74) is 6.55. The smallest absolute Gasteiger partial charge is 0.248 e. The number of rotatable bonds is 12. The van der Waals surface area contributed by atoms with Gasteiger partial charge in [0.15, 0.2) is 0 Å². The zero-order valence-corrected chi connectivity index (χ0v) is 21.1. The van der Waals surface area contributed by atoms with E-state index in [1.54, 1.807) is 36.4 Å². The molecule has 2 aromatic carbocycles. The van der Waals surface area contributed by atoms with E-state index in [4.69, 9.17) is 26.8 Å². The average Bonchev–Trinajstić information content (AvgIpc) is 2.81. The zero-order valence-electron chi connectivity index (χ0n) is 18.7. The highest BCUT2D eigenvalue weighted by molar-refractivity contribution is 6.30. The molecule has 3 rings (SSSR count). The molecule has 0 saturated heterocycles. The fraction of sp³-hybridized carbons (Fsp3) is 0.250. The lowest BCUT2D eigenvalue weighted by Crippen LogP contribution is -2.41. The molecular formula is C24H28Cl3N3O5. The van der Waals surface area contributed by atoms with Crippen LogP contribution in [0.25, 0.3) is 0 Å². The fourth-order valence-corrected chi connectivity index (χ4v) is 3.21. The number of benzene rings is 2. The van der Waals surface area contributed by atoms with Gasteiger partial charge < -0.3 is 30.7 Å². The molecule has 0 bridgehead atoms. The number of nitrogens with one attached hydrogen (secondary N) is 1. The molecule has 0 fully saturated rings. The van der Waals surface area contributed by atoms with Gasteiger partial charge in [0.05, 0.1) is 6.61 Å². The second kappa shape index (κ2) is 15.4. The first-order chi connectivity index (χ1) is 15.9. The van der Waals surface area contributed by atoms with E-state index in [9.17, 15) is 15.0 Å². The monoisotopic (exact) mass is 543 g/mol. The van der Waals surface area contributed by atoms with E-state index in [2.05, 4.69) is 10.3 Å². The average molecular weight is 545 g/mol. The number of halogens is 3. The largest absolute Gasteiger partial charge is 0.491 e. The Balaban J connectivity index is 0.00000306. The van der Waals surface area contributed by atoms with E-state index in [1.807, 2.05) is 12.1 Å². The molecule has 1 aromatic heterocycles. The van der Waals surface area contributed by atoms with Crippen LogP contribution in [0.2, 0.25) is 5.02 Å². The summed E-state index contributed by atoms with van der Waals surface area (Å²) < 4.78 is 11.2. The maximum atomic E-state index is 11.3. The summed E-state index contributed by atoms with van der Waals surface area (Å²) in [4.78, 5) is 15.3. The van der Waals surface area contributed by atoms with Crippen LogP contribution in [0.15, 0.2) is 66.9 Å². The molecule has 8 nitrogen and oxygen atoms in total. The van der Waals surface area contributed by atoms with E-state index in [0.717, 1.165) is 5.56 Å². The highest BCUT2D eigenvalue weighted by Crippen LogP contribution is 2.21. The molecule has 0 aliphatic heterocycles. The summed E-state index contributed by atoms with van der Waals surface area (Å²) in [5, 5.41) is 23.6. The fourth-order valence-electron chi connectivity index (χ4n) is 3.03. The van der Waals surface area contributed by atoms with Crippen LogP contribution in [-0.2, 0) is 6.42 Å². The van der Waals surface area contributed by atoms with Crippen molar-refractivity contribution < 1.29 is 24.5 Å². The third kappa shape index (κ3) is 10.3. The number of ether oxygens (including phenoxy) is 2. The van der Waals surface area contributed by atoms with Crippen molar-refractivity contribution in [3.05, 3.63) is 83.0 Å². The Labute approximate surface area is 221 Å². The molecule has 3 aromatic rings. The number of nitrogens with two attached hydrogens (primary N) is 1. The molecule has 11 heteroatoms. The van der Waals surface area contributed by atoms with E-state index in [-0.39, 0.29) is 56.5 Å². The van der Waals surface area contributed by atoms with Crippen LogP contribution in [0, 0.1) is 0 Å². The first kappa shape index (κ1) is 30.4. The van der Waals surface area contributed by atoms with Gasteiger partial charge >= 0.3 is 0 Å². The third-order valence-corrected chi connectivity index (χ3v) is 4.98. The minimum Gasteiger partial charge on any atom is -0.491 e. The lowest BCUT2D eigenvalue weighted by molar-refractivity contribution is 0.0995. The summed E-state index contributed by atoms with van der Waals surface area (Å²) in [7, 11) is 0. The zero-order chi connectivity index (χ0) is 23.6. The number of aliphatic hydroxyl groups excluding tert-OH is 2. The van der Waals surface area contributed by atoms with E-state index >= 15 is 0 Å². The number of aromatic nitrogens is 1. The first-order valence-electron chi connectivity index (χ1n) is 10.4. The maximum absolute atomic E-state index is 11.3. The summed E-state index contributed by atoms with van der Waals surface area (Å²) >= 11 is 5.92. The van der Waals surface area contributed by atoms with Gasteiger partial charge in [-0.3, -0.25) is 4.79 Å². The summed E-state index contributed by atoms with van der Waals surface area (Å²) in [6.07, 6.45) is 1.25. The quantitative estimate of drug-likeness (QED) is 0.275. The number of amides is 1. The number of nitrogens with zero attached hydrogens (tertiary/aromatic N) is 1. The van der Waals surface area contributed by atoms with Crippen LogP contribution in [0.1, 0.15) is 15.9 Å². The van der Waals surface area contributed by atoms with Gasteiger partial charge in [-0.15, -0.1) is 24.8 Å². The Morgan fingerprint density at radius 1 is 1.09 bits per heavy atom. The molecule has 0 unspecified atom stereocenters. The number of hydrogen-bond acceptors (Lipinski definition) is 7. The summed E-state index contributed by atoms with van der Waals surface area (Å²) in [6, 6.07) is 17.0. The minimum absolute atomic E-state index is 0. The number of carbonyl (C=O) groups excluding carboxylic acids is 1. The van der Waals surface area contributed by atoms with Gasteiger partial charge in [-0.2, -0.15) is 0 Å². The molecule has 0 aliphatic rings. The molecular weight excluding hydrogens is 517 g/mol. The molecule has 0 saturated carbocycles. The van der Waals surface area contributed by atoms with E-state index in [1.165, 1.54) is 18.3 Å². The Morgan fingerprint density at radius 3 is 2.49 bits per heavy atom. The lowest BCUT2D eigenvalue weighted by Gasteiger charge is -2.19. The van der Waals surface area contributed by atoms with Crippen molar-refractivity contribution in [2.24, 2.45) is 5.73 Å². The van der Waals surface area contributed by atoms with Gasteiger partial charge in [-0.05, 0) is 48.4 Å². The van der Waals surface area contributed by atoms with Gasteiger partial charge in [0.1, 0.15) is 24.2 Å². The van der Waals surface area contributed by atoms with Crippen molar-refractivity contribution >= 4 is 42.3 Å². The Morgan fingerprint density at radius 2 is 1.83 bits per heavy atom. The number of carbonyl (C=O) groups is 1. The summed E-state index contributed by atoms with van der Waals surface area (Å²) in [6.45, 7) is 0.265. The molecule has 5 N–H and O–H groups in total. The standard InChI is InChI=1S/C24H26ClN3O5.2ClH/c25-18-2-1-3-22(12-18)32-15-20(30)13-28-19(14-29)10-16-4-6-21(7-5-16)33-23-11-17(24(26)31)8-9-27-23;;/h1-9,11-12,19-20,28-30H,10,13-15H2,(H2,26,31);2*1H/t19-,20-;;/m0../s1. The van der Waals surface area contributed by atoms with Crippen LogP contribution in [0.4, 0.5) is 0 Å². The molecule has 0 spiro atoms. The Kier molecular flexibility index (Phi) is 13.4. The van der Waals surface area contributed by atoms with E-state index < -0.39 is 12.0 Å². The molecule has 1 amide bonds. The number of aliphatic hydroxyl groups is 2. The van der Waals surface area contributed by atoms with Crippen LogP contribution in [0.5, 0.6) is 17.4 Å². The van der Waals surface area contributed by atoms with Crippen molar-refractivity contribution in [2.75, 3.05) is 19.8 Å². The van der Waals surface area contributed by atoms with E-state index in [0.29, 0.717) is 28.5 Å². The number of pyridine rings is 1. The molecule has 35 heavy (non-hydrogen) atoms. The molecule has 1 heterocycles. The van der Waals surface area contributed by atoms with Crippen LogP contribution < -0.4 is 20.5 Å². The second-order valence-corrected chi connectivity index (χ2v) is 7.84. The predicted molar refractivity (Wildman–Crippen MR) is 139 cm³/mol. The highest BCUT2D eigenvalue weighted by atomic mass is 35.5.